The maximum absolute atomic E-state index is 13.2. The first-order valence-electron chi connectivity index (χ1n) is 7.45. The summed E-state index contributed by atoms with van der Waals surface area (Å²) in [6, 6.07) is 4.36. The van der Waals surface area contributed by atoms with Gasteiger partial charge in [0.15, 0.2) is 0 Å². The molecule has 3 N–H and O–H groups in total. The van der Waals surface area contributed by atoms with Crippen LogP contribution >= 0.6 is 0 Å². The Morgan fingerprint density at radius 1 is 1.43 bits per heavy atom. The highest BCUT2D eigenvalue weighted by Crippen LogP contribution is 2.27. The number of hydrogen-bond donors (Lipinski definition) is 2. The number of nitrogen functional groups attached to an aromatic ring is 1. The molecule has 3 atom stereocenters. The predicted octanol–water partition coefficient (Wildman–Crippen LogP) is 2.71. The molecule has 1 amide bonds. The monoisotopic (exact) mass is 293 g/mol. The Labute approximate surface area is 125 Å². The Bertz CT molecular complexity index is 520. The van der Waals surface area contributed by atoms with E-state index in [0.717, 1.165) is 6.54 Å². The zero-order valence-corrected chi connectivity index (χ0v) is 12.9. The first-order chi connectivity index (χ1) is 9.86. The number of nitrogens with zero attached hydrogens (tertiary/aromatic N) is 1. The number of benzene rings is 1. The second kappa shape index (κ2) is 6.43. The molecule has 0 bridgehead atoms. The van der Waals surface area contributed by atoms with Crippen LogP contribution in [0, 0.1) is 17.7 Å². The van der Waals surface area contributed by atoms with E-state index in [1.165, 1.54) is 24.6 Å². The minimum Gasteiger partial charge on any atom is -0.397 e. The van der Waals surface area contributed by atoms with Gasteiger partial charge in [-0.3, -0.25) is 9.69 Å². The Morgan fingerprint density at radius 3 is 2.86 bits per heavy atom. The molecule has 0 aliphatic carbocycles. The Kier molecular flexibility index (Phi) is 4.83. The van der Waals surface area contributed by atoms with Gasteiger partial charge in [0.25, 0.3) is 0 Å². The molecule has 1 aromatic rings. The zero-order valence-electron chi connectivity index (χ0n) is 12.9. The van der Waals surface area contributed by atoms with E-state index in [-0.39, 0.29) is 5.91 Å². The van der Waals surface area contributed by atoms with Crippen molar-refractivity contribution < 1.29 is 9.18 Å². The van der Waals surface area contributed by atoms with Crippen LogP contribution in [0.5, 0.6) is 0 Å². The van der Waals surface area contributed by atoms with E-state index in [1.807, 2.05) is 0 Å². The van der Waals surface area contributed by atoms with Gasteiger partial charge in [0, 0.05) is 12.6 Å². The molecule has 4 nitrogen and oxygen atoms in total. The molecule has 3 unspecified atom stereocenters. The van der Waals surface area contributed by atoms with Gasteiger partial charge in [-0.1, -0.05) is 13.8 Å². The van der Waals surface area contributed by atoms with E-state index in [0.29, 0.717) is 35.8 Å². The zero-order chi connectivity index (χ0) is 15.6. The van der Waals surface area contributed by atoms with E-state index >= 15 is 0 Å². The van der Waals surface area contributed by atoms with Gasteiger partial charge in [-0.2, -0.15) is 0 Å². The molecule has 1 saturated heterocycles. The van der Waals surface area contributed by atoms with Gasteiger partial charge < -0.3 is 11.1 Å². The summed E-state index contributed by atoms with van der Waals surface area (Å²) >= 11 is 0. The van der Waals surface area contributed by atoms with Crippen LogP contribution in [0.3, 0.4) is 0 Å². The summed E-state index contributed by atoms with van der Waals surface area (Å²) in [5.41, 5.74) is 6.46. The van der Waals surface area contributed by atoms with Gasteiger partial charge in [-0.25, -0.2) is 4.39 Å². The summed E-state index contributed by atoms with van der Waals surface area (Å²) in [4.78, 5) is 14.4. The predicted molar refractivity (Wildman–Crippen MR) is 83.4 cm³/mol. The maximum atomic E-state index is 13.2. The van der Waals surface area contributed by atoms with Crippen LogP contribution in [0.1, 0.15) is 27.2 Å². The number of hydrogen-bond acceptors (Lipinski definition) is 3. The van der Waals surface area contributed by atoms with Crippen LogP contribution in [-0.4, -0.2) is 29.9 Å². The maximum Gasteiger partial charge on any atom is 0.238 e. The lowest BCUT2D eigenvalue weighted by Crippen LogP contribution is -2.48. The smallest absolute Gasteiger partial charge is 0.238 e. The highest BCUT2D eigenvalue weighted by Gasteiger charge is 2.29. The molecule has 1 fully saturated rings. The Balaban J connectivity index is 1.99. The average molecular weight is 293 g/mol. The molecule has 21 heavy (non-hydrogen) atoms. The van der Waals surface area contributed by atoms with Gasteiger partial charge >= 0.3 is 0 Å². The first-order valence-corrected chi connectivity index (χ1v) is 7.45. The number of carbonyl (C=O) groups is 1. The molecule has 5 heteroatoms. The lowest BCUT2D eigenvalue weighted by molar-refractivity contribution is -0.118. The van der Waals surface area contributed by atoms with Crippen molar-refractivity contribution >= 4 is 17.3 Å². The van der Waals surface area contributed by atoms with Crippen LogP contribution in [0.15, 0.2) is 18.2 Å². The number of likely N-dealkylation sites (tertiary alicyclic amines) is 1. The molecule has 1 aliphatic rings. The molecule has 0 radical (unpaired) electrons. The molecule has 116 valence electrons. The van der Waals surface area contributed by atoms with Crippen molar-refractivity contribution in [2.24, 2.45) is 11.8 Å². The average Bonchev–Trinajstić information content (AvgIpc) is 2.39. The summed E-state index contributed by atoms with van der Waals surface area (Å²) < 4.78 is 13.2. The van der Waals surface area contributed by atoms with Crippen molar-refractivity contribution in [3.63, 3.8) is 0 Å². The number of halogens is 1. The summed E-state index contributed by atoms with van der Waals surface area (Å²) in [6.45, 7) is 7.80. The number of piperidine rings is 1. The van der Waals surface area contributed by atoms with Gasteiger partial charge in [-0.05, 0) is 43.4 Å². The molecule has 0 aromatic heterocycles. The molecule has 1 heterocycles. The Morgan fingerprint density at radius 2 is 2.14 bits per heavy atom. The van der Waals surface area contributed by atoms with Crippen molar-refractivity contribution in [1.82, 2.24) is 4.90 Å². The lowest BCUT2D eigenvalue weighted by Gasteiger charge is -2.40. The van der Waals surface area contributed by atoms with Crippen molar-refractivity contribution in [3.8, 4) is 0 Å². The number of nitrogens with two attached hydrogens (primary N) is 1. The molecule has 2 rings (SSSR count). The van der Waals surface area contributed by atoms with Crippen LogP contribution < -0.4 is 11.1 Å². The third-order valence-electron chi connectivity index (χ3n) is 4.36. The largest absolute Gasteiger partial charge is 0.397 e. The number of carbonyl (C=O) groups excluding carboxylic acids is 1. The Hall–Kier alpha value is -1.62. The fraction of sp³-hybridized carbons (Fsp3) is 0.562. The van der Waals surface area contributed by atoms with Crippen LogP contribution in [-0.2, 0) is 4.79 Å². The summed E-state index contributed by atoms with van der Waals surface area (Å²) in [6.07, 6.45) is 1.19. The lowest BCUT2D eigenvalue weighted by atomic mass is 9.86. The highest BCUT2D eigenvalue weighted by atomic mass is 19.1. The van der Waals surface area contributed by atoms with E-state index < -0.39 is 5.82 Å². The fourth-order valence-corrected chi connectivity index (χ4v) is 3.05. The van der Waals surface area contributed by atoms with Gasteiger partial charge in [0.2, 0.25) is 5.91 Å². The van der Waals surface area contributed by atoms with Gasteiger partial charge in [-0.15, -0.1) is 0 Å². The topological polar surface area (TPSA) is 58.4 Å². The molecule has 0 saturated carbocycles. The molecule has 1 aromatic carbocycles. The summed E-state index contributed by atoms with van der Waals surface area (Å²) in [7, 11) is 0. The minimum atomic E-state index is -0.409. The number of rotatable bonds is 3. The summed E-state index contributed by atoms with van der Waals surface area (Å²) in [5, 5.41) is 2.70. The van der Waals surface area contributed by atoms with Crippen molar-refractivity contribution in [3.05, 3.63) is 24.0 Å². The normalized spacial score (nSPS) is 26.6. The summed E-state index contributed by atoms with van der Waals surface area (Å²) in [5.74, 6) is 0.595. The van der Waals surface area contributed by atoms with Crippen LogP contribution in [0.4, 0.5) is 15.8 Å². The second-order valence-corrected chi connectivity index (χ2v) is 6.27. The van der Waals surface area contributed by atoms with Crippen molar-refractivity contribution in [1.29, 1.82) is 0 Å². The standard InChI is InChI=1S/C16H24FN3O/c1-10-6-11(2)12(3)20(8-10)9-16(21)19-15-7-13(17)4-5-14(15)18/h4-5,7,10-12H,6,8-9,18H2,1-3H3,(H,19,21). The fourth-order valence-electron chi connectivity index (χ4n) is 3.05. The molecule has 1 aliphatic heterocycles. The third kappa shape index (κ3) is 3.94. The van der Waals surface area contributed by atoms with Crippen LogP contribution in [0.25, 0.3) is 0 Å². The van der Waals surface area contributed by atoms with Crippen LogP contribution in [0.2, 0.25) is 0 Å². The molecular formula is C16H24FN3O. The molecule has 0 spiro atoms. The van der Waals surface area contributed by atoms with E-state index in [9.17, 15) is 9.18 Å². The van der Waals surface area contributed by atoms with Gasteiger partial charge in [0.1, 0.15) is 5.82 Å². The minimum absolute atomic E-state index is 0.152. The van der Waals surface area contributed by atoms with Crippen molar-refractivity contribution in [2.45, 2.75) is 33.2 Å². The number of amides is 1. The second-order valence-electron chi connectivity index (χ2n) is 6.27. The quantitative estimate of drug-likeness (QED) is 0.842. The molecular weight excluding hydrogens is 269 g/mol. The number of nitrogens with one attached hydrogen (secondary N) is 1. The SMILES string of the molecule is CC1CC(C)C(C)N(CC(=O)Nc2cc(F)ccc2N)C1. The highest BCUT2D eigenvalue weighted by molar-refractivity contribution is 5.95. The van der Waals surface area contributed by atoms with E-state index in [1.54, 1.807) is 0 Å². The van der Waals surface area contributed by atoms with Crippen molar-refractivity contribution in [2.75, 3.05) is 24.1 Å². The third-order valence-corrected chi connectivity index (χ3v) is 4.36. The van der Waals surface area contributed by atoms with Gasteiger partial charge in [0.05, 0.1) is 17.9 Å². The van der Waals surface area contributed by atoms with E-state index in [4.69, 9.17) is 5.73 Å². The van der Waals surface area contributed by atoms with E-state index in [2.05, 4.69) is 31.0 Å². The number of anilines is 2. The first kappa shape index (κ1) is 15.8.